The molecule has 152 valence electrons. The van der Waals surface area contributed by atoms with Gasteiger partial charge in [0.1, 0.15) is 0 Å². The summed E-state index contributed by atoms with van der Waals surface area (Å²) in [6.45, 7) is 0. The number of hydrogen-bond donors (Lipinski definition) is 2. The minimum absolute atomic E-state index is 0.318. The van der Waals surface area contributed by atoms with Gasteiger partial charge in [0, 0.05) is 17.9 Å². The molecular formula is C22H34O4S. The molecule has 2 aliphatic heterocycles. The molecule has 0 aromatic heterocycles. The number of carboxylic acid groups (broad SMARTS) is 1. The number of allylic oxidation sites excluding steroid dienone is 1. The Bertz CT molecular complexity index is 526. The Morgan fingerprint density at radius 3 is 2.70 bits per heavy atom. The lowest BCUT2D eigenvalue weighted by Gasteiger charge is -2.26. The van der Waals surface area contributed by atoms with Gasteiger partial charge in [-0.05, 0) is 43.1 Å². The Morgan fingerprint density at radius 2 is 1.93 bits per heavy atom. The van der Waals surface area contributed by atoms with E-state index >= 15 is 0 Å². The zero-order valence-electron chi connectivity index (χ0n) is 16.2. The molecule has 3 aliphatic rings. The summed E-state index contributed by atoms with van der Waals surface area (Å²) in [5, 5.41) is 19.1. The molecule has 0 aromatic carbocycles. The number of carboxylic acids is 1. The van der Waals surface area contributed by atoms with Gasteiger partial charge in [-0.2, -0.15) is 11.8 Å². The summed E-state index contributed by atoms with van der Waals surface area (Å²) in [7, 11) is 0. The summed E-state index contributed by atoms with van der Waals surface area (Å²) in [4.78, 5) is 10.5. The maximum Gasteiger partial charge on any atom is 0.327 e. The predicted molar refractivity (Wildman–Crippen MR) is 110 cm³/mol. The van der Waals surface area contributed by atoms with Crippen molar-refractivity contribution in [1.29, 1.82) is 0 Å². The molecule has 3 rings (SSSR count). The number of fused-ring (bicyclic) bond motifs is 2. The lowest BCUT2D eigenvalue weighted by Crippen LogP contribution is -2.28. The molecule has 1 unspecified atom stereocenters. The first kappa shape index (κ1) is 20.9. The minimum atomic E-state index is -0.876. The molecule has 5 heteroatoms. The normalized spacial score (nSPS) is 32.6. The summed E-state index contributed by atoms with van der Waals surface area (Å²) in [6.07, 6.45) is 18.2. The molecule has 0 aromatic rings. The fraction of sp³-hybridized carbons (Fsp3) is 0.773. The van der Waals surface area contributed by atoms with E-state index in [1.165, 1.54) is 38.2 Å². The lowest BCUT2D eigenvalue weighted by molar-refractivity contribution is -0.131. The highest BCUT2D eigenvalue weighted by Gasteiger charge is 2.47. The first-order valence-electron chi connectivity index (χ1n) is 10.6. The molecule has 2 bridgehead atoms. The van der Waals surface area contributed by atoms with E-state index in [4.69, 9.17) is 9.84 Å². The van der Waals surface area contributed by atoms with Crippen LogP contribution in [0.4, 0.5) is 0 Å². The molecule has 27 heavy (non-hydrogen) atoms. The van der Waals surface area contributed by atoms with Crippen LogP contribution in [0, 0.1) is 17.8 Å². The standard InChI is InChI=1S/C22H34O4S/c23-17(14-16-6-2-1-3-7-16)9-10-18-19(21-12-11-20(18)26-21)15-27-13-5-4-8-22(24)25/h4,8-10,16-21,23H,1-3,5-7,11-15H2,(H,24,25)/b8-4?,10-9+/t17?,18-,19+,20-,21+/m1/s1. The zero-order valence-corrected chi connectivity index (χ0v) is 17.0. The largest absolute Gasteiger partial charge is 0.478 e. The fourth-order valence-electron chi connectivity index (χ4n) is 4.95. The molecule has 0 radical (unpaired) electrons. The molecule has 5 atom stereocenters. The molecule has 2 saturated heterocycles. The number of carbonyl (C=O) groups is 1. The molecule has 1 aliphatic carbocycles. The van der Waals surface area contributed by atoms with Gasteiger partial charge in [0.15, 0.2) is 0 Å². The van der Waals surface area contributed by atoms with Crippen LogP contribution in [0.25, 0.3) is 0 Å². The average Bonchev–Trinajstić information content (AvgIpc) is 3.25. The van der Waals surface area contributed by atoms with Gasteiger partial charge in [-0.25, -0.2) is 4.79 Å². The van der Waals surface area contributed by atoms with Gasteiger partial charge >= 0.3 is 5.97 Å². The van der Waals surface area contributed by atoms with Crippen LogP contribution in [0.3, 0.4) is 0 Å². The molecule has 4 nitrogen and oxygen atoms in total. The quantitative estimate of drug-likeness (QED) is 0.326. The summed E-state index contributed by atoms with van der Waals surface area (Å²) in [5.41, 5.74) is 0. The van der Waals surface area contributed by atoms with Crippen LogP contribution in [0.2, 0.25) is 0 Å². The van der Waals surface area contributed by atoms with Gasteiger partial charge in [0.2, 0.25) is 0 Å². The Kier molecular flexibility index (Phi) is 8.28. The Hall–Kier alpha value is -0.780. The van der Waals surface area contributed by atoms with E-state index in [0.29, 0.717) is 30.0 Å². The number of thioether (sulfide) groups is 1. The van der Waals surface area contributed by atoms with Crippen molar-refractivity contribution >= 4 is 17.7 Å². The summed E-state index contributed by atoms with van der Waals surface area (Å²) < 4.78 is 6.15. The Labute approximate surface area is 167 Å². The van der Waals surface area contributed by atoms with Crippen molar-refractivity contribution in [3.05, 3.63) is 24.3 Å². The third-order valence-electron chi connectivity index (χ3n) is 6.34. The molecule has 2 N–H and O–H groups in total. The summed E-state index contributed by atoms with van der Waals surface area (Å²) in [6, 6.07) is 0. The van der Waals surface area contributed by atoms with Gasteiger partial charge < -0.3 is 14.9 Å². The van der Waals surface area contributed by atoms with Gasteiger partial charge in [0.25, 0.3) is 0 Å². The molecule has 0 spiro atoms. The van der Waals surface area contributed by atoms with Crippen molar-refractivity contribution in [2.75, 3.05) is 11.5 Å². The summed E-state index contributed by atoms with van der Waals surface area (Å²) >= 11 is 1.89. The first-order chi connectivity index (χ1) is 13.1. The van der Waals surface area contributed by atoms with Gasteiger partial charge in [-0.1, -0.05) is 50.3 Å². The second-order valence-electron chi connectivity index (χ2n) is 8.33. The third kappa shape index (κ3) is 6.37. The van der Waals surface area contributed by atoms with Crippen LogP contribution in [-0.4, -0.2) is 46.0 Å². The maximum atomic E-state index is 10.5. The van der Waals surface area contributed by atoms with Crippen LogP contribution in [0.15, 0.2) is 24.3 Å². The number of aliphatic hydroxyl groups excluding tert-OH is 1. The van der Waals surface area contributed by atoms with Crippen LogP contribution < -0.4 is 0 Å². The van der Waals surface area contributed by atoms with Crippen molar-refractivity contribution in [3.63, 3.8) is 0 Å². The number of aliphatic carboxylic acids is 1. The van der Waals surface area contributed by atoms with E-state index in [-0.39, 0.29) is 6.10 Å². The van der Waals surface area contributed by atoms with Gasteiger partial charge in [0.05, 0.1) is 18.3 Å². The van der Waals surface area contributed by atoms with E-state index in [9.17, 15) is 9.90 Å². The third-order valence-corrected chi connectivity index (χ3v) is 7.49. The fourth-order valence-corrected chi connectivity index (χ4v) is 6.13. The first-order valence-corrected chi connectivity index (χ1v) is 11.8. The Balaban J connectivity index is 1.43. The molecule has 1 saturated carbocycles. The lowest BCUT2D eigenvalue weighted by atomic mass is 9.79. The van der Waals surface area contributed by atoms with E-state index in [0.717, 1.165) is 37.2 Å². The highest BCUT2D eigenvalue weighted by atomic mass is 32.2. The van der Waals surface area contributed by atoms with Crippen molar-refractivity contribution in [2.24, 2.45) is 17.8 Å². The minimum Gasteiger partial charge on any atom is -0.478 e. The second-order valence-corrected chi connectivity index (χ2v) is 9.48. The van der Waals surface area contributed by atoms with Crippen molar-refractivity contribution in [3.8, 4) is 0 Å². The number of hydrogen-bond acceptors (Lipinski definition) is 4. The van der Waals surface area contributed by atoms with E-state index in [1.807, 2.05) is 17.8 Å². The van der Waals surface area contributed by atoms with Crippen LogP contribution in [0.1, 0.15) is 57.8 Å². The van der Waals surface area contributed by atoms with Crippen LogP contribution in [0.5, 0.6) is 0 Å². The van der Waals surface area contributed by atoms with Crippen molar-refractivity contribution < 1.29 is 19.7 Å². The highest BCUT2D eigenvalue weighted by Crippen LogP contribution is 2.45. The van der Waals surface area contributed by atoms with E-state index in [2.05, 4.69) is 6.08 Å². The van der Waals surface area contributed by atoms with Crippen molar-refractivity contribution in [1.82, 2.24) is 0 Å². The Morgan fingerprint density at radius 1 is 1.15 bits per heavy atom. The molecule has 2 heterocycles. The average molecular weight is 395 g/mol. The summed E-state index contributed by atoms with van der Waals surface area (Å²) in [5.74, 6) is 2.76. The molecule has 0 amide bonds. The zero-order chi connectivity index (χ0) is 19.1. The van der Waals surface area contributed by atoms with Crippen LogP contribution in [-0.2, 0) is 9.53 Å². The van der Waals surface area contributed by atoms with Gasteiger partial charge in [-0.3, -0.25) is 0 Å². The van der Waals surface area contributed by atoms with E-state index in [1.54, 1.807) is 6.08 Å². The number of aliphatic hydroxyl groups is 1. The van der Waals surface area contributed by atoms with Gasteiger partial charge in [-0.15, -0.1) is 0 Å². The highest BCUT2D eigenvalue weighted by molar-refractivity contribution is 7.99. The maximum absolute atomic E-state index is 10.5. The van der Waals surface area contributed by atoms with E-state index < -0.39 is 5.97 Å². The van der Waals surface area contributed by atoms with Crippen LogP contribution >= 0.6 is 11.8 Å². The van der Waals surface area contributed by atoms with Crippen molar-refractivity contribution in [2.45, 2.75) is 76.1 Å². The smallest absolute Gasteiger partial charge is 0.327 e. The number of rotatable bonds is 10. The molecular weight excluding hydrogens is 360 g/mol. The molecule has 3 fully saturated rings. The topological polar surface area (TPSA) is 66.8 Å². The monoisotopic (exact) mass is 394 g/mol. The predicted octanol–water partition coefficient (Wildman–Crippen LogP) is 4.43. The second kappa shape index (κ2) is 10.7. The SMILES string of the molecule is O=C(O)C=CCCSC[C@H]1[C@@H](/C=C/C(O)CC2CCCCC2)[C@H]2CC[C@@H]1O2. The number of ether oxygens (including phenoxy) is 1.